The second kappa shape index (κ2) is 5.64. The SMILES string of the molecule is Cc1nnc(NCCCc2ncn[nH]2)c2ccccc12. The van der Waals surface area contributed by atoms with Crippen molar-refractivity contribution < 1.29 is 0 Å². The summed E-state index contributed by atoms with van der Waals surface area (Å²) in [6.07, 6.45) is 3.35. The van der Waals surface area contributed by atoms with Gasteiger partial charge in [0.05, 0.1) is 5.69 Å². The summed E-state index contributed by atoms with van der Waals surface area (Å²) in [4.78, 5) is 4.10. The van der Waals surface area contributed by atoms with E-state index in [0.717, 1.165) is 47.5 Å². The average Bonchev–Trinajstić information content (AvgIpc) is 2.99. The van der Waals surface area contributed by atoms with E-state index in [4.69, 9.17) is 0 Å². The molecule has 6 heteroatoms. The first-order valence-corrected chi connectivity index (χ1v) is 6.65. The van der Waals surface area contributed by atoms with Crippen LogP contribution in [0.1, 0.15) is 17.9 Å². The summed E-state index contributed by atoms with van der Waals surface area (Å²) in [6, 6.07) is 8.17. The summed E-state index contributed by atoms with van der Waals surface area (Å²) >= 11 is 0. The highest BCUT2D eigenvalue weighted by Crippen LogP contribution is 2.22. The van der Waals surface area contributed by atoms with Crippen molar-refractivity contribution in [3.8, 4) is 0 Å². The highest BCUT2D eigenvalue weighted by atomic mass is 15.2. The molecule has 3 rings (SSSR count). The maximum Gasteiger partial charge on any atom is 0.156 e. The fraction of sp³-hybridized carbons (Fsp3) is 0.286. The smallest absolute Gasteiger partial charge is 0.156 e. The lowest BCUT2D eigenvalue weighted by Crippen LogP contribution is -2.07. The highest BCUT2D eigenvalue weighted by molar-refractivity contribution is 5.92. The fourth-order valence-corrected chi connectivity index (χ4v) is 2.18. The van der Waals surface area contributed by atoms with Crippen LogP contribution in [0.4, 0.5) is 5.82 Å². The number of nitrogens with zero attached hydrogens (tertiary/aromatic N) is 4. The minimum Gasteiger partial charge on any atom is -0.368 e. The minimum atomic E-state index is 0.822. The third kappa shape index (κ3) is 2.59. The number of benzene rings is 1. The minimum absolute atomic E-state index is 0.822. The molecule has 0 unspecified atom stereocenters. The predicted octanol–water partition coefficient (Wildman–Crippen LogP) is 2.10. The quantitative estimate of drug-likeness (QED) is 0.693. The zero-order valence-corrected chi connectivity index (χ0v) is 11.3. The van der Waals surface area contributed by atoms with Crippen LogP contribution < -0.4 is 5.32 Å². The summed E-state index contributed by atoms with van der Waals surface area (Å²) in [6.45, 7) is 2.80. The number of anilines is 1. The molecule has 0 saturated carbocycles. The Morgan fingerprint density at radius 2 is 2.00 bits per heavy atom. The molecule has 0 amide bonds. The molecule has 6 nitrogen and oxygen atoms in total. The zero-order valence-electron chi connectivity index (χ0n) is 11.3. The van der Waals surface area contributed by atoms with E-state index in [-0.39, 0.29) is 0 Å². The van der Waals surface area contributed by atoms with E-state index in [9.17, 15) is 0 Å². The molecule has 20 heavy (non-hydrogen) atoms. The number of H-pyrrole nitrogens is 1. The van der Waals surface area contributed by atoms with Gasteiger partial charge in [0, 0.05) is 23.7 Å². The topological polar surface area (TPSA) is 79.4 Å². The monoisotopic (exact) mass is 268 g/mol. The van der Waals surface area contributed by atoms with E-state index < -0.39 is 0 Å². The van der Waals surface area contributed by atoms with E-state index in [1.807, 2.05) is 19.1 Å². The number of aryl methyl sites for hydroxylation is 2. The number of rotatable bonds is 5. The molecule has 0 aliphatic carbocycles. The van der Waals surface area contributed by atoms with Crippen LogP contribution in [-0.4, -0.2) is 31.9 Å². The third-order valence-corrected chi connectivity index (χ3v) is 3.22. The lowest BCUT2D eigenvalue weighted by Gasteiger charge is -2.08. The lowest BCUT2D eigenvalue weighted by molar-refractivity contribution is 0.801. The molecule has 2 N–H and O–H groups in total. The van der Waals surface area contributed by atoms with E-state index in [0.29, 0.717) is 0 Å². The molecule has 0 bridgehead atoms. The van der Waals surface area contributed by atoms with Crippen molar-refractivity contribution in [2.75, 3.05) is 11.9 Å². The molecule has 0 aliphatic heterocycles. The van der Waals surface area contributed by atoms with Gasteiger partial charge in [0.25, 0.3) is 0 Å². The standard InChI is InChI=1S/C14H16N6/c1-10-11-5-2-3-6-12(11)14(20-18-10)15-8-4-7-13-16-9-17-19-13/h2-3,5-6,9H,4,7-8H2,1H3,(H,15,20)(H,16,17,19). The van der Waals surface area contributed by atoms with Crippen molar-refractivity contribution in [3.05, 3.63) is 42.1 Å². The van der Waals surface area contributed by atoms with Gasteiger partial charge in [0.1, 0.15) is 12.2 Å². The molecule has 0 saturated heterocycles. The number of hydrogen-bond acceptors (Lipinski definition) is 5. The van der Waals surface area contributed by atoms with Gasteiger partial charge in [-0.15, -0.1) is 5.10 Å². The third-order valence-electron chi connectivity index (χ3n) is 3.22. The van der Waals surface area contributed by atoms with Gasteiger partial charge in [0.15, 0.2) is 5.82 Å². The maximum absolute atomic E-state index is 4.24. The summed E-state index contributed by atoms with van der Waals surface area (Å²) < 4.78 is 0. The molecule has 0 aliphatic rings. The van der Waals surface area contributed by atoms with Gasteiger partial charge < -0.3 is 5.32 Å². The van der Waals surface area contributed by atoms with Gasteiger partial charge in [-0.25, -0.2) is 4.98 Å². The van der Waals surface area contributed by atoms with Gasteiger partial charge in [-0.3, -0.25) is 5.10 Å². The van der Waals surface area contributed by atoms with Crippen molar-refractivity contribution in [1.82, 2.24) is 25.4 Å². The summed E-state index contributed by atoms with van der Waals surface area (Å²) in [5.41, 5.74) is 0.952. The first-order valence-electron chi connectivity index (χ1n) is 6.65. The molecule has 2 heterocycles. The first kappa shape index (κ1) is 12.5. The van der Waals surface area contributed by atoms with Crippen LogP contribution >= 0.6 is 0 Å². The maximum atomic E-state index is 4.24. The van der Waals surface area contributed by atoms with Crippen molar-refractivity contribution in [3.63, 3.8) is 0 Å². The number of hydrogen-bond donors (Lipinski definition) is 2. The number of aromatic amines is 1. The molecule has 102 valence electrons. The van der Waals surface area contributed by atoms with Crippen molar-refractivity contribution in [1.29, 1.82) is 0 Å². The van der Waals surface area contributed by atoms with E-state index in [1.165, 1.54) is 6.33 Å². The Balaban J connectivity index is 1.67. The Hall–Kier alpha value is -2.50. The molecule has 0 radical (unpaired) electrons. The van der Waals surface area contributed by atoms with Crippen LogP contribution in [0.5, 0.6) is 0 Å². The normalized spacial score (nSPS) is 10.8. The first-order chi connectivity index (χ1) is 9.84. The molecule has 2 aromatic heterocycles. The van der Waals surface area contributed by atoms with Crippen LogP contribution in [0.15, 0.2) is 30.6 Å². The van der Waals surface area contributed by atoms with E-state index in [2.05, 4.69) is 42.8 Å². The molecule has 0 fully saturated rings. The predicted molar refractivity (Wildman–Crippen MR) is 77.5 cm³/mol. The van der Waals surface area contributed by atoms with Gasteiger partial charge in [-0.2, -0.15) is 10.2 Å². The van der Waals surface area contributed by atoms with Gasteiger partial charge >= 0.3 is 0 Å². The van der Waals surface area contributed by atoms with E-state index >= 15 is 0 Å². The summed E-state index contributed by atoms with van der Waals surface area (Å²) in [5, 5.41) is 20.7. The largest absolute Gasteiger partial charge is 0.368 e. The second-order valence-electron chi connectivity index (χ2n) is 4.64. The Labute approximate surface area is 116 Å². The van der Waals surface area contributed by atoms with Crippen LogP contribution in [0, 0.1) is 6.92 Å². The Kier molecular flexibility index (Phi) is 3.54. The average molecular weight is 268 g/mol. The van der Waals surface area contributed by atoms with Crippen molar-refractivity contribution in [2.24, 2.45) is 0 Å². The Morgan fingerprint density at radius 3 is 2.80 bits per heavy atom. The lowest BCUT2D eigenvalue weighted by atomic mass is 10.1. The molecule has 3 aromatic rings. The second-order valence-corrected chi connectivity index (χ2v) is 4.64. The van der Waals surface area contributed by atoms with Gasteiger partial charge in [-0.1, -0.05) is 24.3 Å². The van der Waals surface area contributed by atoms with Crippen LogP contribution in [-0.2, 0) is 6.42 Å². The summed E-state index contributed by atoms with van der Waals surface area (Å²) in [7, 11) is 0. The van der Waals surface area contributed by atoms with Gasteiger partial charge in [-0.05, 0) is 13.3 Å². The fourth-order valence-electron chi connectivity index (χ4n) is 2.18. The van der Waals surface area contributed by atoms with Crippen molar-refractivity contribution >= 4 is 16.6 Å². The van der Waals surface area contributed by atoms with Crippen molar-refractivity contribution in [2.45, 2.75) is 19.8 Å². The van der Waals surface area contributed by atoms with Crippen LogP contribution in [0.2, 0.25) is 0 Å². The zero-order chi connectivity index (χ0) is 13.8. The Bertz CT molecular complexity index is 692. The highest BCUT2D eigenvalue weighted by Gasteiger charge is 2.05. The van der Waals surface area contributed by atoms with Gasteiger partial charge in [0.2, 0.25) is 0 Å². The molecule has 1 aromatic carbocycles. The van der Waals surface area contributed by atoms with Crippen LogP contribution in [0.3, 0.4) is 0 Å². The number of aromatic nitrogens is 5. The van der Waals surface area contributed by atoms with E-state index in [1.54, 1.807) is 0 Å². The molecule has 0 spiro atoms. The van der Waals surface area contributed by atoms with Crippen LogP contribution in [0.25, 0.3) is 10.8 Å². The Morgan fingerprint density at radius 1 is 1.15 bits per heavy atom. The molecule has 0 atom stereocenters. The molecular weight excluding hydrogens is 252 g/mol. The number of nitrogens with one attached hydrogen (secondary N) is 2. The number of fused-ring (bicyclic) bond motifs is 1. The molecular formula is C14H16N6. The summed E-state index contributed by atoms with van der Waals surface area (Å²) in [5.74, 6) is 1.75.